The molecule has 1 fully saturated rings. The monoisotopic (exact) mass is 273 g/mol. The molecule has 0 unspecified atom stereocenters. The van der Waals surface area contributed by atoms with E-state index in [0.29, 0.717) is 6.04 Å². The van der Waals surface area contributed by atoms with Crippen molar-refractivity contribution in [3.8, 4) is 0 Å². The fraction of sp³-hybridized carbons (Fsp3) is 0.400. The van der Waals surface area contributed by atoms with Crippen LogP contribution in [0.3, 0.4) is 0 Å². The first-order chi connectivity index (χ1) is 9.38. The van der Waals surface area contributed by atoms with Crippen molar-refractivity contribution >= 4 is 17.0 Å². The third kappa shape index (κ3) is 2.96. The van der Waals surface area contributed by atoms with Gasteiger partial charge in [-0.15, -0.1) is 0 Å². The minimum absolute atomic E-state index is 0.706. The molecule has 1 aliphatic carbocycles. The zero-order valence-electron chi connectivity index (χ0n) is 11.2. The molecule has 2 heterocycles. The lowest BCUT2D eigenvalue weighted by Gasteiger charge is -2.26. The normalized spacial score (nSPS) is 14.6. The lowest BCUT2D eigenvalue weighted by molar-refractivity contribution is 0.762. The summed E-state index contributed by atoms with van der Waals surface area (Å²) in [5, 5.41) is 7.63. The molecule has 0 radical (unpaired) electrons. The Labute approximate surface area is 118 Å². The molecule has 1 N–H and O–H groups in total. The van der Waals surface area contributed by atoms with E-state index in [1.54, 1.807) is 11.3 Å². The number of thiophene rings is 1. The zero-order valence-corrected chi connectivity index (χ0v) is 12.0. The highest BCUT2D eigenvalue weighted by Crippen LogP contribution is 2.34. The third-order valence-electron chi connectivity index (χ3n) is 3.48. The van der Waals surface area contributed by atoms with E-state index in [4.69, 9.17) is 0 Å². The van der Waals surface area contributed by atoms with Crippen molar-refractivity contribution < 1.29 is 0 Å². The van der Waals surface area contributed by atoms with Gasteiger partial charge in [0.05, 0.1) is 0 Å². The maximum absolute atomic E-state index is 4.26. The largest absolute Gasteiger partial charge is 0.364 e. The van der Waals surface area contributed by atoms with Crippen LogP contribution in [-0.4, -0.2) is 18.1 Å². The first-order valence-electron chi connectivity index (χ1n) is 6.73. The number of hydrogen-bond acceptors (Lipinski definition) is 4. The van der Waals surface area contributed by atoms with E-state index in [1.165, 1.54) is 29.7 Å². The molecule has 19 heavy (non-hydrogen) atoms. The van der Waals surface area contributed by atoms with Crippen LogP contribution in [-0.2, 0) is 13.1 Å². The van der Waals surface area contributed by atoms with Crippen molar-refractivity contribution in [2.75, 3.05) is 11.9 Å². The number of nitrogens with zero attached hydrogens (tertiary/aromatic N) is 2. The molecule has 0 bridgehead atoms. The molecule has 1 saturated carbocycles. The summed E-state index contributed by atoms with van der Waals surface area (Å²) in [6.07, 6.45) is 6.50. The molecule has 3 nitrogen and oxygen atoms in total. The molecule has 0 amide bonds. The Balaban J connectivity index is 1.87. The van der Waals surface area contributed by atoms with Gasteiger partial charge in [-0.05, 0) is 48.3 Å². The summed E-state index contributed by atoms with van der Waals surface area (Å²) >= 11 is 1.77. The molecule has 2 aromatic heterocycles. The van der Waals surface area contributed by atoms with E-state index in [9.17, 15) is 0 Å². The van der Waals surface area contributed by atoms with Crippen LogP contribution in [0.2, 0.25) is 0 Å². The smallest absolute Gasteiger partial charge is 0.0448 e. The van der Waals surface area contributed by atoms with Crippen molar-refractivity contribution in [3.05, 3.63) is 46.4 Å². The standard InChI is InChI=1S/C15H19N3S/c1-16-8-13-9-17-6-4-15(13)18(14-2-3-14)10-12-5-7-19-11-12/h4-7,9,11,14,16H,2-3,8,10H2,1H3. The van der Waals surface area contributed by atoms with Gasteiger partial charge in [-0.3, -0.25) is 4.98 Å². The summed E-state index contributed by atoms with van der Waals surface area (Å²) < 4.78 is 0. The maximum atomic E-state index is 4.26. The minimum Gasteiger partial charge on any atom is -0.364 e. The van der Waals surface area contributed by atoms with Crippen molar-refractivity contribution in [1.29, 1.82) is 0 Å². The Kier molecular flexibility index (Phi) is 3.80. The Morgan fingerprint density at radius 3 is 3.00 bits per heavy atom. The SMILES string of the molecule is CNCc1cnccc1N(Cc1ccsc1)C1CC1. The lowest BCUT2D eigenvalue weighted by atomic mass is 10.2. The van der Waals surface area contributed by atoms with E-state index in [2.05, 4.69) is 38.1 Å². The Morgan fingerprint density at radius 2 is 2.32 bits per heavy atom. The molecular weight excluding hydrogens is 254 g/mol. The molecule has 100 valence electrons. The van der Waals surface area contributed by atoms with E-state index in [0.717, 1.165) is 13.1 Å². The lowest BCUT2D eigenvalue weighted by Crippen LogP contribution is -2.26. The van der Waals surface area contributed by atoms with Crippen LogP contribution in [0.25, 0.3) is 0 Å². The van der Waals surface area contributed by atoms with Crippen LogP contribution in [0.15, 0.2) is 35.3 Å². The fourth-order valence-corrected chi connectivity index (χ4v) is 3.06. The van der Waals surface area contributed by atoms with Crippen LogP contribution in [0.1, 0.15) is 24.0 Å². The highest BCUT2D eigenvalue weighted by molar-refractivity contribution is 7.07. The number of hydrogen-bond donors (Lipinski definition) is 1. The number of rotatable bonds is 6. The molecular formula is C15H19N3S. The molecule has 3 rings (SSSR count). The molecule has 0 saturated heterocycles. The van der Waals surface area contributed by atoms with Crippen LogP contribution in [0.4, 0.5) is 5.69 Å². The summed E-state index contributed by atoms with van der Waals surface area (Å²) in [6.45, 7) is 1.88. The summed E-state index contributed by atoms with van der Waals surface area (Å²) in [6, 6.07) is 5.08. The van der Waals surface area contributed by atoms with Gasteiger partial charge in [-0.25, -0.2) is 0 Å². The highest BCUT2D eigenvalue weighted by atomic mass is 32.1. The van der Waals surface area contributed by atoms with E-state index in [-0.39, 0.29) is 0 Å². The quantitative estimate of drug-likeness (QED) is 0.877. The molecule has 0 aliphatic heterocycles. The van der Waals surface area contributed by atoms with Gasteiger partial charge in [-0.1, -0.05) is 0 Å². The summed E-state index contributed by atoms with van der Waals surface area (Å²) in [4.78, 5) is 6.80. The predicted octanol–water partition coefficient (Wildman–Crippen LogP) is 3.03. The van der Waals surface area contributed by atoms with Crippen LogP contribution in [0.5, 0.6) is 0 Å². The van der Waals surface area contributed by atoms with E-state index >= 15 is 0 Å². The second-order valence-electron chi connectivity index (χ2n) is 5.03. The molecule has 2 aromatic rings. The highest BCUT2D eigenvalue weighted by Gasteiger charge is 2.30. The molecule has 0 aromatic carbocycles. The number of pyridine rings is 1. The van der Waals surface area contributed by atoms with E-state index in [1.807, 2.05) is 19.4 Å². The number of aromatic nitrogens is 1. The van der Waals surface area contributed by atoms with Gasteiger partial charge in [0.15, 0.2) is 0 Å². The average molecular weight is 273 g/mol. The first kappa shape index (κ1) is 12.6. The summed E-state index contributed by atoms with van der Waals surface area (Å²) in [5.74, 6) is 0. The van der Waals surface area contributed by atoms with Gasteiger partial charge >= 0.3 is 0 Å². The van der Waals surface area contributed by atoms with Gasteiger partial charge in [0, 0.05) is 42.8 Å². The van der Waals surface area contributed by atoms with Crippen LogP contribution < -0.4 is 10.2 Å². The van der Waals surface area contributed by atoms with Crippen molar-refractivity contribution in [3.63, 3.8) is 0 Å². The van der Waals surface area contributed by atoms with Gasteiger partial charge in [0.25, 0.3) is 0 Å². The second kappa shape index (κ2) is 5.72. The number of anilines is 1. The fourth-order valence-electron chi connectivity index (χ4n) is 2.40. The Morgan fingerprint density at radius 1 is 1.42 bits per heavy atom. The van der Waals surface area contributed by atoms with Crippen molar-refractivity contribution in [2.24, 2.45) is 0 Å². The molecule has 0 spiro atoms. The van der Waals surface area contributed by atoms with Gasteiger partial charge in [0.2, 0.25) is 0 Å². The maximum Gasteiger partial charge on any atom is 0.0448 e. The molecule has 0 atom stereocenters. The van der Waals surface area contributed by atoms with Crippen molar-refractivity contribution in [2.45, 2.75) is 32.0 Å². The molecule has 4 heteroatoms. The Hall–Kier alpha value is -1.39. The average Bonchev–Trinajstić information content (AvgIpc) is 3.15. The van der Waals surface area contributed by atoms with Gasteiger partial charge in [-0.2, -0.15) is 11.3 Å². The third-order valence-corrected chi connectivity index (χ3v) is 4.21. The second-order valence-corrected chi connectivity index (χ2v) is 5.81. The van der Waals surface area contributed by atoms with Crippen molar-refractivity contribution in [1.82, 2.24) is 10.3 Å². The zero-order chi connectivity index (χ0) is 13.1. The topological polar surface area (TPSA) is 28.2 Å². The summed E-state index contributed by atoms with van der Waals surface area (Å²) in [7, 11) is 1.98. The number of nitrogens with one attached hydrogen (secondary N) is 1. The minimum atomic E-state index is 0.706. The molecule has 1 aliphatic rings. The van der Waals surface area contributed by atoms with Gasteiger partial charge in [0.1, 0.15) is 0 Å². The van der Waals surface area contributed by atoms with Crippen LogP contribution in [0, 0.1) is 0 Å². The van der Waals surface area contributed by atoms with E-state index < -0.39 is 0 Å². The van der Waals surface area contributed by atoms with Gasteiger partial charge < -0.3 is 10.2 Å². The predicted molar refractivity (Wildman–Crippen MR) is 80.5 cm³/mol. The summed E-state index contributed by atoms with van der Waals surface area (Å²) in [5.41, 5.74) is 4.02. The first-order valence-corrected chi connectivity index (χ1v) is 7.68. The van der Waals surface area contributed by atoms with Crippen LogP contribution >= 0.6 is 11.3 Å². The Bertz CT molecular complexity index is 520.